The number of carboxylic acid groups (broad SMARTS) is 1. The van der Waals surface area contributed by atoms with E-state index in [4.69, 9.17) is 9.84 Å². The van der Waals surface area contributed by atoms with Crippen molar-refractivity contribution in [3.05, 3.63) is 83.9 Å². The normalized spacial score (nSPS) is 11.6. The van der Waals surface area contributed by atoms with Gasteiger partial charge in [0.05, 0.1) is 6.42 Å². The number of benzene rings is 2. The number of nitrogens with one attached hydrogen (secondary N) is 2. The maximum absolute atomic E-state index is 12.5. The molecular weight excluding hydrogens is 372 g/mol. The first kappa shape index (κ1) is 21.7. The molecule has 7 heteroatoms. The van der Waals surface area contributed by atoms with Crippen LogP contribution in [-0.2, 0) is 27.4 Å². The van der Waals surface area contributed by atoms with E-state index in [2.05, 4.69) is 10.6 Å². The number of carboxylic acids is 1. The van der Waals surface area contributed by atoms with Gasteiger partial charge in [-0.05, 0) is 11.1 Å². The van der Waals surface area contributed by atoms with Crippen molar-refractivity contribution >= 4 is 18.0 Å². The van der Waals surface area contributed by atoms with Crippen molar-refractivity contribution < 1.29 is 24.2 Å². The lowest BCUT2D eigenvalue weighted by atomic mass is 10.1. The van der Waals surface area contributed by atoms with Gasteiger partial charge in [-0.3, -0.25) is 9.59 Å². The Morgan fingerprint density at radius 3 is 2.17 bits per heavy atom. The minimum Gasteiger partial charge on any atom is -0.481 e. The van der Waals surface area contributed by atoms with Crippen LogP contribution in [0.3, 0.4) is 0 Å². The summed E-state index contributed by atoms with van der Waals surface area (Å²) >= 11 is 0. The molecule has 0 bridgehead atoms. The fourth-order valence-corrected chi connectivity index (χ4v) is 2.52. The summed E-state index contributed by atoms with van der Waals surface area (Å²) in [6.07, 6.45) is 2.50. The number of hydrogen-bond donors (Lipinski definition) is 3. The van der Waals surface area contributed by atoms with Gasteiger partial charge in [-0.1, -0.05) is 72.8 Å². The first-order valence-electron chi connectivity index (χ1n) is 9.20. The van der Waals surface area contributed by atoms with E-state index >= 15 is 0 Å². The van der Waals surface area contributed by atoms with Crippen LogP contribution in [0.5, 0.6) is 0 Å². The van der Waals surface area contributed by atoms with Gasteiger partial charge in [-0.25, -0.2) is 4.79 Å². The average molecular weight is 396 g/mol. The van der Waals surface area contributed by atoms with Crippen LogP contribution in [0.25, 0.3) is 0 Å². The molecule has 0 aliphatic rings. The molecule has 0 spiro atoms. The van der Waals surface area contributed by atoms with E-state index in [1.165, 1.54) is 6.08 Å². The van der Waals surface area contributed by atoms with Crippen LogP contribution in [0.15, 0.2) is 72.8 Å². The second kappa shape index (κ2) is 12.0. The molecule has 0 fully saturated rings. The monoisotopic (exact) mass is 396 g/mol. The summed E-state index contributed by atoms with van der Waals surface area (Å²) in [5, 5.41) is 13.9. The van der Waals surface area contributed by atoms with Crippen LogP contribution in [0.1, 0.15) is 17.5 Å². The number of carbonyl (C=O) groups excluding carboxylic acids is 2. The zero-order valence-corrected chi connectivity index (χ0v) is 15.9. The minimum absolute atomic E-state index is 0.101. The van der Waals surface area contributed by atoms with E-state index in [-0.39, 0.29) is 25.5 Å². The molecule has 0 aromatic heterocycles. The lowest BCUT2D eigenvalue weighted by Gasteiger charge is -2.18. The molecule has 2 amide bonds. The van der Waals surface area contributed by atoms with Crippen molar-refractivity contribution in [1.29, 1.82) is 0 Å². The largest absolute Gasteiger partial charge is 0.481 e. The molecule has 0 saturated heterocycles. The first-order valence-corrected chi connectivity index (χ1v) is 9.20. The number of hydrogen-bond acceptors (Lipinski definition) is 4. The topological polar surface area (TPSA) is 105 Å². The Kier molecular flexibility index (Phi) is 8.95. The van der Waals surface area contributed by atoms with E-state index in [0.29, 0.717) is 6.42 Å². The Balaban J connectivity index is 1.92. The van der Waals surface area contributed by atoms with Crippen LogP contribution in [0.2, 0.25) is 0 Å². The van der Waals surface area contributed by atoms with Crippen molar-refractivity contribution in [2.24, 2.45) is 0 Å². The summed E-state index contributed by atoms with van der Waals surface area (Å²) in [5.41, 5.74) is 1.73. The Morgan fingerprint density at radius 2 is 1.55 bits per heavy atom. The maximum atomic E-state index is 12.5. The molecule has 2 aromatic rings. The molecule has 2 aromatic carbocycles. The fraction of sp³-hybridized carbons (Fsp3) is 0.227. The first-order chi connectivity index (χ1) is 14.0. The zero-order chi connectivity index (χ0) is 20.9. The smallest absolute Gasteiger partial charge is 0.408 e. The van der Waals surface area contributed by atoms with Crippen molar-refractivity contribution in [3.8, 4) is 0 Å². The molecular formula is C22H24N2O5. The summed E-state index contributed by atoms with van der Waals surface area (Å²) in [6, 6.07) is 17.7. The minimum atomic E-state index is -0.947. The van der Waals surface area contributed by atoms with Gasteiger partial charge in [0.25, 0.3) is 0 Å². The highest BCUT2D eigenvalue weighted by molar-refractivity contribution is 5.86. The Labute approximate surface area is 169 Å². The molecule has 152 valence electrons. The van der Waals surface area contributed by atoms with Crippen LogP contribution >= 0.6 is 0 Å². The number of ether oxygens (including phenoxy) is 1. The maximum Gasteiger partial charge on any atom is 0.408 e. The molecule has 0 aliphatic heterocycles. The number of carbonyl (C=O) groups is 3. The molecule has 0 saturated carbocycles. The number of alkyl carbamates (subject to hydrolysis) is 1. The predicted molar refractivity (Wildman–Crippen MR) is 108 cm³/mol. The molecule has 3 N–H and O–H groups in total. The SMILES string of the molecule is O=C(O)C/C=C\CNC(=O)C(Cc1ccccc1)NC(=O)OCc1ccccc1. The van der Waals surface area contributed by atoms with Gasteiger partial charge in [-0.15, -0.1) is 0 Å². The molecule has 29 heavy (non-hydrogen) atoms. The van der Waals surface area contributed by atoms with Crippen LogP contribution in [0.4, 0.5) is 4.79 Å². The number of rotatable bonds is 10. The van der Waals surface area contributed by atoms with Crippen molar-refractivity contribution in [2.75, 3.05) is 6.54 Å². The standard InChI is InChI=1S/C22H24N2O5/c25-20(26)13-7-8-14-23-21(27)19(15-17-9-3-1-4-10-17)24-22(28)29-16-18-11-5-2-6-12-18/h1-12,19H,13-16H2,(H,23,27)(H,24,28)(H,25,26)/b8-7-. The third-order valence-corrected chi connectivity index (χ3v) is 3.96. The third-order valence-electron chi connectivity index (χ3n) is 3.96. The van der Waals surface area contributed by atoms with Gasteiger partial charge in [0.2, 0.25) is 5.91 Å². The Bertz CT molecular complexity index is 822. The molecule has 2 rings (SSSR count). The predicted octanol–water partition coefficient (Wildman–Crippen LogP) is 2.67. The molecule has 1 unspecified atom stereocenters. The quantitative estimate of drug-likeness (QED) is 0.536. The van der Waals surface area contributed by atoms with E-state index in [1.54, 1.807) is 6.08 Å². The van der Waals surface area contributed by atoms with Crippen molar-refractivity contribution in [1.82, 2.24) is 10.6 Å². The summed E-state index contributed by atoms with van der Waals surface area (Å²) in [4.78, 5) is 35.2. The van der Waals surface area contributed by atoms with E-state index in [0.717, 1.165) is 11.1 Å². The highest BCUT2D eigenvalue weighted by Crippen LogP contribution is 2.05. The van der Waals surface area contributed by atoms with Crippen LogP contribution < -0.4 is 10.6 Å². The third kappa shape index (κ3) is 8.75. The second-order valence-electron chi connectivity index (χ2n) is 6.26. The van der Waals surface area contributed by atoms with Crippen molar-refractivity contribution in [3.63, 3.8) is 0 Å². The Hall–Kier alpha value is -3.61. The number of amides is 2. The molecule has 0 aliphatic carbocycles. The highest BCUT2D eigenvalue weighted by atomic mass is 16.5. The average Bonchev–Trinajstić information content (AvgIpc) is 2.72. The van der Waals surface area contributed by atoms with Crippen LogP contribution in [-0.4, -0.2) is 35.7 Å². The van der Waals surface area contributed by atoms with Gasteiger partial charge in [0.15, 0.2) is 0 Å². The lowest BCUT2D eigenvalue weighted by molar-refractivity contribution is -0.136. The van der Waals surface area contributed by atoms with E-state index in [1.807, 2.05) is 60.7 Å². The number of aliphatic carboxylic acids is 1. The molecule has 1 atom stereocenters. The van der Waals surface area contributed by atoms with E-state index < -0.39 is 18.1 Å². The second-order valence-corrected chi connectivity index (χ2v) is 6.26. The van der Waals surface area contributed by atoms with Crippen molar-refractivity contribution in [2.45, 2.75) is 25.5 Å². The fourth-order valence-electron chi connectivity index (χ4n) is 2.52. The summed E-state index contributed by atoms with van der Waals surface area (Å²) in [6.45, 7) is 0.266. The zero-order valence-electron chi connectivity index (χ0n) is 15.9. The van der Waals surface area contributed by atoms with Gasteiger partial charge >= 0.3 is 12.1 Å². The summed E-state index contributed by atoms with van der Waals surface area (Å²) in [5.74, 6) is -1.33. The molecule has 7 nitrogen and oxygen atoms in total. The van der Waals surface area contributed by atoms with Gasteiger partial charge < -0.3 is 20.5 Å². The van der Waals surface area contributed by atoms with E-state index in [9.17, 15) is 14.4 Å². The molecule has 0 heterocycles. The van der Waals surface area contributed by atoms with Crippen LogP contribution in [0, 0.1) is 0 Å². The highest BCUT2D eigenvalue weighted by Gasteiger charge is 2.21. The van der Waals surface area contributed by atoms with Gasteiger partial charge in [0, 0.05) is 13.0 Å². The summed E-state index contributed by atoms with van der Waals surface area (Å²) < 4.78 is 5.21. The van der Waals surface area contributed by atoms with Gasteiger partial charge in [0.1, 0.15) is 12.6 Å². The van der Waals surface area contributed by atoms with Gasteiger partial charge in [-0.2, -0.15) is 0 Å². The Morgan fingerprint density at radius 1 is 0.931 bits per heavy atom. The molecule has 0 radical (unpaired) electrons. The summed E-state index contributed by atoms with van der Waals surface area (Å²) in [7, 11) is 0. The lowest BCUT2D eigenvalue weighted by Crippen LogP contribution is -2.48.